The zero-order valence-corrected chi connectivity index (χ0v) is 9.80. The van der Waals surface area contributed by atoms with Crippen LogP contribution in [-0.4, -0.2) is 11.1 Å². The Bertz CT molecular complexity index is 421. The molecule has 1 N–H and O–H groups in total. The molecule has 0 aliphatic heterocycles. The summed E-state index contributed by atoms with van der Waals surface area (Å²) in [4.78, 5) is 11.0. The van der Waals surface area contributed by atoms with Gasteiger partial charge in [0.05, 0.1) is 10.4 Å². The van der Waals surface area contributed by atoms with Crippen molar-refractivity contribution in [2.75, 3.05) is 0 Å². The van der Waals surface area contributed by atoms with Crippen molar-refractivity contribution < 1.29 is 18.7 Å². The van der Waals surface area contributed by atoms with Gasteiger partial charge in [-0.25, -0.2) is 8.78 Å². The van der Waals surface area contributed by atoms with Gasteiger partial charge in [-0.3, -0.25) is 4.79 Å². The van der Waals surface area contributed by atoms with Gasteiger partial charge in [0, 0.05) is 0 Å². The average molecular weight is 291 g/mol. The molecule has 5 heteroatoms. The maximum Gasteiger partial charge on any atom is 0.311 e. The minimum absolute atomic E-state index is 0.0116. The number of aliphatic carboxylic acids is 1. The molecule has 2 rings (SSSR count). The second-order valence-electron chi connectivity index (χ2n) is 3.95. The molecule has 1 aromatic carbocycles. The predicted molar refractivity (Wildman–Crippen MR) is 57.2 cm³/mol. The first-order valence-electron chi connectivity index (χ1n) is 4.88. The van der Waals surface area contributed by atoms with Crippen molar-refractivity contribution >= 4 is 21.9 Å². The van der Waals surface area contributed by atoms with E-state index in [0.717, 1.165) is 25.0 Å². The summed E-state index contributed by atoms with van der Waals surface area (Å²) in [6.07, 6.45) is 1.60. The lowest BCUT2D eigenvalue weighted by Gasteiger charge is -2.12. The highest BCUT2D eigenvalue weighted by Gasteiger charge is 2.37. The van der Waals surface area contributed by atoms with Crippen LogP contribution in [0.1, 0.15) is 24.3 Å². The van der Waals surface area contributed by atoms with Gasteiger partial charge in [-0.1, -0.05) is 0 Å². The van der Waals surface area contributed by atoms with E-state index >= 15 is 0 Å². The van der Waals surface area contributed by atoms with E-state index in [0.29, 0.717) is 0 Å². The van der Waals surface area contributed by atoms with Gasteiger partial charge in [-0.2, -0.15) is 0 Å². The molecule has 0 spiro atoms. The van der Waals surface area contributed by atoms with Gasteiger partial charge in [0.1, 0.15) is 11.6 Å². The summed E-state index contributed by atoms with van der Waals surface area (Å²) in [5, 5.41) is 9.03. The fraction of sp³-hybridized carbons (Fsp3) is 0.364. The van der Waals surface area contributed by atoms with Crippen LogP contribution >= 0.6 is 15.9 Å². The van der Waals surface area contributed by atoms with Crippen LogP contribution in [0.25, 0.3) is 0 Å². The summed E-state index contributed by atoms with van der Waals surface area (Å²) in [6.45, 7) is 0. The minimum Gasteiger partial charge on any atom is -0.481 e. The zero-order chi connectivity index (χ0) is 11.9. The summed E-state index contributed by atoms with van der Waals surface area (Å²) in [5.41, 5.74) is 0.202. The van der Waals surface area contributed by atoms with Gasteiger partial charge in [-0.15, -0.1) is 0 Å². The van der Waals surface area contributed by atoms with E-state index in [1.807, 2.05) is 0 Å². The molecule has 2 nitrogen and oxygen atoms in total. The third-order valence-corrected chi connectivity index (χ3v) is 3.48. The van der Waals surface area contributed by atoms with Crippen molar-refractivity contribution in [2.45, 2.75) is 18.8 Å². The lowest BCUT2D eigenvalue weighted by molar-refractivity contribution is -0.139. The fourth-order valence-electron chi connectivity index (χ4n) is 1.80. The highest BCUT2D eigenvalue weighted by molar-refractivity contribution is 9.10. The third kappa shape index (κ3) is 2.09. The monoisotopic (exact) mass is 290 g/mol. The second kappa shape index (κ2) is 4.13. The van der Waals surface area contributed by atoms with E-state index in [4.69, 9.17) is 5.11 Å². The van der Waals surface area contributed by atoms with Crippen LogP contribution in [0.4, 0.5) is 8.78 Å². The van der Waals surface area contributed by atoms with Crippen LogP contribution in [0.2, 0.25) is 0 Å². The molecule has 0 aromatic heterocycles. The van der Waals surface area contributed by atoms with E-state index in [1.165, 1.54) is 0 Å². The van der Waals surface area contributed by atoms with Gasteiger partial charge < -0.3 is 5.11 Å². The molecule has 1 atom stereocenters. The standard InChI is InChI=1S/C11H9BrF2O2/c12-10-7(13)3-6(4-8(10)14)9(11(15)16)5-1-2-5/h3-5,9H,1-2H2,(H,15,16). The summed E-state index contributed by atoms with van der Waals surface area (Å²) in [5.74, 6) is -3.33. The number of rotatable bonds is 3. The Labute approximate surface area is 99.4 Å². The second-order valence-corrected chi connectivity index (χ2v) is 4.74. The molecule has 1 aromatic rings. The summed E-state index contributed by atoms with van der Waals surface area (Å²) in [6, 6.07) is 2.18. The number of carboxylic acids is 1. The van der Waals surface area contributed by atoms with Crippen molar-refractivity contribution in [3.8, 4) is 0 Å². The number of carboxylic acid groups (broad SMARTS) is 1. The van der Waals surface area contributed by atoms with Crippen LogP contribution in [0.5, 0.6) is 0 Å². The molecule has 0 bridgehead atoms. The largest absolute Gasteiger partial charge is 0.481 e. The van der Waals surface area contributed by atoms with Gasteiger partial charge in [0.2, 0.25) is 0 Å². The van der Waals surface area contributed by atoms with Crippen LogP contribution in [0, 0.1) is 17.6 Å². The molecule has 1 saturated carbocycles. The van der Waals surface area contributed by atoms with Crippen LogP contribution < -0.4 is 0 Å². The van der Waals surface area contributed by atoms with Crippen LogP contribution in [0.3, 0.4) is 0 Å². The number of benzene rings is 1. The molecular weight excluding hydrogens is 282 g/mol. The molecule has 1 fully saturated rings. The Morgan fingerprint density at radius 3 is 2.25 bits per heavy atom. The molecule has 0 saturated heterocycles. The fourth-order valence-corrected chi connectivity index (χ4v) is 2.03. The van der Waals surface area contributed by atoms with E-state index < -0.39 is 23.5 Å². The number of hydrogen-bond donors (Lipinski definition) is 1. The van der Waals surface area contributed by atoms with Crippen LogP contribution in [-0.2, 0) is 4.79 Å². The van der Waals surface area contributed by atoms with E-state index in [-0.39, 0.29) is 16.0 Å². The van der Waals surface area contributed by atoms with Gasteiger partial charge in [-0.05, 0) is 52.4 Å². The van der Waals surface area contributed by atoms with Crippen molar-refractivity contribution in [1.29, 1.82) is 0 Å². The summed E-state index contributed by atoms with van der Waals surface area (Å²) >= 11 is 2.75. The molecule has 1 aliphatic rings. The molecule has 0 radical (unpaired) electrons. The minimum atomic E-state index is -1.02. The Balaban J connectivity index is 2.41. The lowest BCUT2D eigenvalue weighted by atomic mass is 9.94. The lowest BCUT2D eigenvalue weighted by Crippen LogP contribution is -2.14. The van der Waals surface area contributed by atoms with Gasteiger partial charge >= 0.3 is 5.97 Å². The van der Waals surface area contributed by atoms with Crippen molar-refractivity contribution in [3.63, 3.8) is 0 Å². The first-order valence-corrected chi connectivity index (χ1v) is 5.67. The first-order chi connectivity index (χ1) is 7.50. The van der Waals surface area contributed by atoms with Gasteiger partial charge in [0.25, 0.3) is 0 Å². The first kappa shape index (κ1) is 11.5. The molecule has 86 valence electrons. The highest BCUT2D eigenvalue weighted by atomic mass is 79.9. The molecule has 1 aliphatic carbocycles. The number of halogens is 3. The maximum absolute atomic E-state index is 13.3. The maximum atomic E-state index is 13.3. The Kier molecular flexibility index (Phi) is 2.97. The molecule has 0 heterocycles. The van der Waals surface area contributed by atoms with Gasteiger partial charge in [0.15, 0.2) is 0 Å². The molecular formula is C11H9BrF2O2. The van der Waals surface area contributed by atoms with E-state index in [2.05, 4.69) is 15.9 Å². The normalized spacial score (nSPS) is 17.2. The van der Waals surface area contributed by atoms with E-state index in [1.54, 1.807) is 0 Å². The molecule has 0 amide bonds. The molecule has 16 heavy (non-hydrogen) atoms. The zero-order valence-electron chi connectivity index (χ0n) is 8.21. The number of hydrogen-bond acceptors (Lipinski definition) is 1. The Morgan fingerprint density at radius 2 is 1.88 bits per heavy atom. The molecule has 1 unspecified atom stereocenters. The smallest absolute Gasteiger partial charge is 0.311 e. The topological polar surface area (TPSA) is 37.3 Å². The van der Waals surface area contributed by atoms with E-state index in [9.17, 15) is 13.6 Å². The predicted octanol–water partition coefficient (Wildman–Crippen LogP) is 3.31. The number of carbonyl (C=O) groups is 1. The van der Waals surface area contributed by atoms with Crippen LogP contribution in [0.15, 0.2) is 16.6 Å². The summed E-state index contributed by atoms with van der Waals surface area (Å²) < 4.78 is 26.3. The Hall–Kier alpha value is -0.970. The van der Waals surface area contributed by atoms with Crippen molar-refractivity contribution in [1.82, 2.24) is 0 Å². The third-order valence-electron chi connectivity index (χ3n) is 2.72. The Morgan fingerprint density at radius 1 is 1.38 bits per heavy atom. The van der Waals surface area contributed by atoms with Crippen molar-refractivity contribution in [2.24, 2.45) is 5.92 Å². The summed E-state index contributed by atoms with van der Waals surface area (Å²) in [7, 11) is 0. The SMILES string of the molecule is O=C(O)C(c1cc(F)c(Br)c(F)c1)C1CC1. The van der Waals surface area contributed by atoms with Crippen molar-refractivity contribution in [3.05, 3.63) is 33.8 Å². The average Bonchev–Trinajstić information content (AvgIpc) is 2.98. The highest BCUT2D eigenvalue weighted by Crippen LogP contribution is 2.43. The quantitative estimate of drug-likeness (QED) is 0.867.